The van der Waals surface area contributed by atoms with E-state index in [4.69, 9.17) is 9.73 Å². The average Bonchev–Trinajstić information content (AvgIpc) is 3.19. The molecule has 1 fully saturated rings. The fourth-order valence-corrected chi connectivity index (χ4v) is 4.27. The number of imide groups is 1. The molecule has 154 valence electrons. The number of hydrogen-bond donors (Lipinski definition) is 0. The number of likely N-dealkylation sites (N-methyl/N-ethyl adjacent to an activating group) is 1. The van der Waals surface area contributed by atoms with E-state index in [9.17, 15) is 9.59 Å². The standard InChI is InChI=1S/C21H27N5O3/c1-13-7-6-8-16(11-13)12-25-19(27)17-18(23(4)21(25)28)22-20-24(9-10-29-5)14(2)15(3)26(17)20/h6-8,11,17-18H,9-10,12H2,1-5H3. The van der Waals surface area contributed by atoms with Crippen LogP contribution in [0.25, 0.3) is 0 Å². The average molecular weight is 397 g/mol. The van der Waals surface area contributed by atoms with Gasteiger partial charge in [0.25, 0.3) is 5.91 Å². The van der Waals surface area contributed by atoms with E-state index in [1.165, 1.54) is 4.90 Å². The predicted octanol–water partition coefficient (Wildman–Crippen LogP) is 1.97. The third-order valence-electron chi connectivity index (χ3n) is 5.95. The zero-order valence-corrected chi connectivity index (χ0v) is 17.5. The van der Waals surface area contributed by atoms with E-state index in [0.29, 0.717) is 13.2 Å². The lowest BCUT2D eigenvalue weighted by Crippen LogP contribution is -2.64. The summed E-state index contributed by atoms with van der Waals surface area (Å²) in [6, 6.07) is 7.02. The van der Waals surface area contributed by atoms with Gasteiger partial charge in [0.2, 0.25) is 5.96 Å². The Morgan fingerprint density at radius 1 is 1.10 bits per heavy atom. The minimum atomic E-state index is -0.542. The van der Waals surface area contributed by atoms with Crippen molar-refractivity contribution in [1.29, 1.82) is 0 Å². The van der Waals surface area contributed by atoms with Gasteiger partial charge in [0.05, 0.1) is 13.2 Å². The van der Waals surface area contributed by atoms with E-state index >= 15 is 0 Å². The maximum Gasteiger partial charge on any atom is 0.328 e. The highest BCUT2D eigenvalue weighted by Crippen LogP contribution is 2.37. The number of aliphatic imine (C=N–C) groups is 1. The molecule has 29 heavy (non-hydrogen) atoms. The van der Waals surface area contributed by atoms with Crippen LogP contribution in [0.15, 0.2) is 40.7 Å². The molecule has 2 unspecified atom stereocenters. The molecule has 3 amide bonds. The molecule has 0 aliphatic carbocycles. The number of amides is 3. The molecule has 3 aliphatic heterocycles. The highest BCUT2D eigenvalue weighted by molar-refractivity contribution is 6.05. The van der Waals surface area contributed by atoms with Crippen molar-refractivity contribution in [3.05, 3.63) is 46.8 Å². The van der Waals surface area contributed by atoms with Crippen LogP contribution in [0.3, 0.4) is 0 Å². The van der Waals surface area contributed by atoms with Crippen LogP contribution in [0, 0.1) is 6.92 Å². The first-order valence-corrected chi connectivity index (χ1v) is 9.80. The molecule has 0 spiro atoms. The maximum atomic E-state index is 13.5. The van der Waals surface area contributed by atoms with Gasteiger partial charge in [-0.25, -0.2) is 9.79 Å². The zero-order valence-electron chi connectivity index (χ0n) is 17.5. The van der Waals surface area contributed by atoms with Gasteiger partial charge in [-0.1, -0.05) is 29.8 Å². The largest absolute Gasteiger partial charge is 0.383 e. The third kappa shape index (κ3) is 2.98. The number of nitrogens with zero attached hydrogens (tertiary/aromatic N) is 5. The van der Waals surface area contributed by atoms with Gasteiger partial charge >= 0.3 is 6.03 Å². The first-order chi connectivity index (χ1) is 13.8. The van der Waals surface area contributed by atoms with Gasteiger partial charge in [-0.3, -0.25) is 14.6 Å². The number of guanidine groups is 1. The number of benzene rings is 1. The van der Waals surface area contributed by atoms with Crippen LogP contribution in [0.5, 0.6) is 0 Å². The van der Waals surface area contributed by atoms with Gasteiger partial charge in [-0.2, -0.15) is 0 Å². The fourth-order valence-electron chi connectivity index (χ4n) is 4.27. The molecule has 0 N–H and O–H groups in total. The zero-order chi connectivity index (χ0) is 20.9. The van der Waals surface area contributed by atoms with Crippen molar-refractivity contribution in [1.82, 2.24) is 19.6 Å². The molecule has 4 rings (SSSR count). The summed E-state index contributed by atoms with van der Waals surface area (Å²) < 4.78 is 5.23. The fraction of sp³-hybridized carbons (Fsp3) is 0.476. The molecule has 3 aliphatic rings. The first-order valence-electron chi connectivity index (χ1n) is 9.80. The Hall–Kier alpha value is -2.87. The summed E-state index contributed by atoms with van der Waals surface area (Å²) in [4.78, 5) is 38.2. The number of allylic oxidation sites excluding steroid dienone is 2. The topological polar surface area (TPSA) is 68.7 Å². The molecule has 1 aromatic rings. The summed E-state index contributed by atoms with van der Waals surface area (Å²) >= 11 is 0. The summed E-state index contributed by atoms with van der Waals surface area (Å²) in [5.74, 6) is 0.511. The minimum absolute atomic E-state index is 0.209. The third-order valence-corrected chi connectivity index (χ3v) is 5.95. The van der Waals surface area contributed by atoms with Crippen LogP contribution in [-0.2, 0) is 16.1 Å². The van der Waals surface area contributed by atoms with Crippen molar-refractivity contribution in [3.8, 4) is 0 Å². The molecule has 2 atom stereocenters. The summed E-state index contributed by atoms with van der Waals surface area (Å²) in [5, 5.41) is 0. The van der Waals surface area contributed by atoms with Crippen LogP contribution >= 0.6 is 0 Å². The second-order valence-electron chi connectivity index (χ2n) is 7.78. The Bertz CT molecular complexity index is 925. The number of urea groups is 1. The number of carbonyl (C=O) groups excluding carboxylic acids is 2. The number of methoxy groups -OCH3 is 1. The monoisotopic (exact) mass is 397 g/mol. The van der Waals surface area contributed by atoms with Crippen LogP contribution in [0.4, 0.5) is 4.79 Å². The minimum Gasteiger partial charge on any atom is -0.383 e. The molecule has 1 saturated heterocycles. The Morgan fingerprint density at radius 2 is 1.86 bits per heavy atom. The van der Waals surface area contributed by atoms with Crippen molar-refractivity contribution in [2.45, 2.75) is 39.5 Å². The number of ether oxygens (including phenoxy) is 1. The molecule has 0 bridgehead atoms. The van der Waals surface area contributed by atoms with Gasteiger partial charge in [0, 0.05) is 32.1 Å². The maximum absolute atomic E-state index is 13.5. The molecule has 8 heteroatoms. The van der Waals surface area contributed by atoms with Crippen molar-refractivity contribution in [3.63, 3.8) is 0 Å². The van der Waals surface area contributed by atoms with Gasteiger partial charge < -0.3 is 14.5 Å². The van der Waals surface area contributed by atoms with Crippen LogP contribution in [0.2, 0.25) is 0 Å². The number of fused-ring (bicyclic) bond motifs is 3. The molecule has 0 saturated carbocycles. The number of carbonyl (C=O) groups is 2. The first kappa shape index (κ1) is 19.4. The SMILES string of the molecule is COCCN1C2=NC3C(C(=O)N(Cc4cccc(C)c4)C(=O)N3C)N2C(C)=C1C. The Kier molecular flexibility index (Phi) is 4.82. The van der Waals surface area contributed by atoms with E-state index < -0.39 is 12.2 Å². The van der Waals surface area contributed by atoms with Crippen LogP contribution in [-0.4, -0.2) is 77.0 Å². The van der Waals surface area contributed by atoms with E-state index in [2.05, 4.69) is 4.90 Å². The van der Waals surface area contributed by atoms with E-state index in [1.54, 1.807) is 19.1 Å². The van der Waals surface area contributed by atoms with Crippen LogP contribution < -0.4 is 0 Å². The molecule has 1 aromatic carbocycles. The van der Waals surface area contributed by atoms with Crippen molar-refractivity contribution in [2.24, 2.45) is 4.99 Å². The lowest BCUT2D eigenvalue weighted by molar-refractivity contribution is -0.137. The molecular formula is C21H27N5O3. The normalized spacial score (nSPS) is 23.8. The molecule has 8 nitrogen and oxygen atoms in total. The lowest BCUT2D eigenvalue weighted by atomic mass is 10.1. The van der Waals surface area contributed by atoms with Gasteiger partial charge in [0.15, 0.2) is 12.2 Å². The Labute approximate surface area is 171 Å². The number of rotatable bonds is 5. The number of aryl methyl sites for hydroxylation is 1. The molecular weight excluding hydrogens is 370 g/mol. The van der Waals surface area contributed by atoms with Gasteiger partial charge in [0.1, 0.15) is 0 Å². The van der Waals surface area contributed by atoms with Crippen molar-refractivity contribution < 1.29 is 14.3 Å². The molecule has 0 radical (unpaired) electrons. The Morgan fingerprint density at radius 3 is 2.55 bits per heavy atom. The predicted molar refractivity (Wildman–Crippen MR) is 109 cm³/mol. The quantitative estimate of drug-likeness (QED) is 0.760. The highest BCUT2D eigenvalue weighted by Gasteiger charge is 2.55. The second-order valence-corrected chi connectivity index (χ2v) is 7.78. The Balaban J connectivity index is 1.65. The van der Waals surface area contributed by atoms with Crippen molar-refractivity contribution >= 4 is 17.9 Å². The molecule has 3 heterocycles. The summed E-state index contributed by atoms with van der Waals surface area (Å²) in [5.41, 5.74) is 4.07. The van der Waals surface area contributed by atoms with E-state index in [1.807, 2.05) is 49.9 Å². The summed E-state index contributed by atoms with van der Waals surface area (Å²) in [7, 11) is 3.38. The van der Waals surface area contributed by atoms with E-state index in [-0.39, 0.29) is 18.5 Å². The van der Waals surface area contributed by atoms with Crippen LogP contribution in [0.1, 0.15) is 25.0 Å². The smallest absolute Gasteiger partial charge is 0.328 e. The van der Waals surface area contributed by atoms with Gasteiger partial charge in [-0.05, 0) is 26.3 Å². The summed E-state index contributed by atoms with van der Waals surface area (Å²) in [6.07, 6.45) is -0.521. The lowest BCUT2D eigenvalue weighted by Gasteiger charge is -2.40. The van der Waals surface area contributed by atoms with Crippen molar-refractivity contribution in [2.75, 3.05) is 27.3 Å². The highest BCUT2D eigenvalue weighted by atomic mass is 16.5. The second kappa shape index (κ2) is 7.18. The van der Waals surface area contributed by atoms with Gasteiger partial charge in [-0.15, -0.1) is 0 Å². The number of hydrogen-bond acceptors (Lipinski definition) is 6. The molecule has 0 aromatic heterocycles. The summed E-state index contributed by atoms with van der Waals surface area (Å²) in [6.45, 7) is 7.47. The van der Waals surface area contributed by atoms with E-state index in [0.717, 1.165) is 28.5 Å².